The topological polar surface area (TPSA) is 83.7 Å². The molecule has 2 atom stereocenters. The number of halogens is 1. The highest BCUT2D eigenvalue weighted by Gasteiger charge is 2.31. The lowest BCUT2D eigenvalue weighted by Gasteiger charge is -2.18. The molecule has 20 heavy (non-hydrogen) atoms. The third-order valence-electron chi connectivity index (χ3n) is 3.60. The van der Waals surface area contributed by atoms with Crippen molar-refractivity contribution in [2.75, 3.05) is 13.1 Å². The van der Waals surface area contributed by atoms with Crippen molar-refractivity contribution in [2.45, 2.75) is 19.4 Å². The molecule has 0 saturated carbocycles. The number of amides is 1. The molecule has 0 bridgehead atoms. The van der Waals surface area contributed by atoms with Crippen molar-refractivity contribution in [1.29, 1.82) is 0 Å². The molecule has 0 radical (unpaired) electrons. The van der Waals surface area contributed by atoms with Gasteiger partial charge in [-0.3, -0.25) is 14.9 Å². The third kappa shape index (κ3) is 2.76. The smallest absolute Gasteiger partial charge is 0.288 e. The van der Waals surface area contributed by atoms with E-state index < -0.39 is 11.0 Å². The number of nitrogens with zero attached hydrogens (tertiary/aromatic N) is 2. The molecule has 108 valence electrons. The van der Waals surface area contributed by atoms with E-state index in [0.717, 1.165) is 6.42 Å². The summed E-state index contributed by atoms with van der Waals surface area (Å²) in [5.41, 5.74) is -0.143. The van der Waals surface area contributed by atoms with Crippen LogP contribution in [0.3, 0.4) is 0 Å². The summed E-state index contributed by atoms with van der Waals surface area (Å²) in [5, 5.41) is 20.2. The lowest BCUT2D eigenvalue weighted by Crippen LogP contribution is -2.30. The van der Waals surface area contributed by atoms with E-state index in [1.807, 2.05) is 0 Å². The molecule has 1 fully saturated rings. The standard InChI is InChI=1S/C13H15ClN2O4/c1-8(17)9-5-6-15(7-9)13(18)10-3-2-4-11(12(10)14)16(19)20/h2-4,8-9,17H,5-7H2,1H3. The van der Waals surface area contributed by atoms with Gasteiger partial charge in [0.05, 0.1) is 16.6 Å². The fourth-order valence-corrected chi connectivity index (χ4v) is 2.64. The number of likely N-dealkylation sites (tertiary alicyclic amines) is 1. The largest absolute Gasteiger partial charge is 0.393 e. The molecule has 1 aliphatic rings. The summed E-state index contributed by atoms with van der Waals surface area (Å²) < 4.78 is 0. The highest BCUT2D eigenvalue weighted by molar-refractivity contribution is 6.35. The highest BCUT2D eigenvalue weighted by atomic mass is 35.5. The predicted molar refractivity (Wildman–Crippen MR) is 73.8 cm³/mol. The zero-order valence-corrected chi connectivity index (χ0v) is 11.7. The summed E-state index contributed by atoms with van der Waals surface area (Å²) in [5.74, 6) is -0.293. The van der Waals surface area contributed by atoms with Gasteiger partial charge in [-0.05, 0) is 19.4 Å². The van der Waals surface area contributed by atoms with Crippen LogP contribution in [0.1, 0.15) is 23.7 Å². The highest BCUT2D eigenvalue weighted by Crippen LogP contribution is 2.30. The zero-order chi connectivity index (χ0) is 14.9. The van der Waals surface area contributed by atoms with E-state index in [1.54, 1.807) is 11.8 Å². The Kier molecular flexibility index (Phi) is 4.25. The van der Waals surface area contributed by atoms with Gasteiger partial charge in [-0.15, -0.1) is 0 Å². The van der Waals surface area contributed by atoms with Gasteiger partial charge >= 0.3 is 0 Å². The van der Waals surface area contributed by atoms with E-state index in [0.29, 0.717) is 13.1 Å². The minimum Gasteiger partial charge on any atom is -0.393 e. The summed E-state index contributed by atoms with van der Waals surface area (Å²) >= 11 is 5.94. The van der Waals surface area contributed by atoms with E-state index in [2.05, 4.69) is 0 Å². The summed E-state index contributed by atoms with van der Waals surface area (Å²) in [4.78, 5) is 24.1. The molecule has 1 N–H and O–H groups in total. The van der Waals surface area contributed by atoms with Crippen molar-refractivity contribution in [3.63, 3.8) is 0 Å². The van der Waals surface area contributed by atoms with Crippen LogP contribution in [0.25, 0.3) is 0 Å². The van der Waals surface area contributed by atoms with Crippen molar-refractivity contribution < 1.29 is 14.8 Å². The number of aliphatic hydroxyl groups excluding tert-OH is 1. The van der Waals surface area contributed by atoms with Crippen molar-refractivity contribution in [2.24, 2.45) is 5.92 Å². The van der Waals surface area contributed by atoms with E-state index in [1.165, 1.54) is 18.2 Å². The first-order chi connectivity index (χ1) is 9.41. The molecule has 1 aromatic rings. The lowest BCUT2D eigenvalue weighted by molar-refractivity contribution is -0.384. The van der Waals surface area contributed by atoms with Gasteiger partial charge in [0.25, 0.3) is 11.6 Å². The molecule has 1 saturated heterocycles. The number of hydrogen-bond acceptors (Lipinski definition) is 4. The number of carbonyl (C=O) groups is 1. The van der Waals surface area contributed by atoms with Crippen LogP contribution in [0, 0.1) is 16.0 Å². The first-order valence-corrected chi connectivity index (χ1v) is 6.70. The quantitative estimate of drug-likeness (QED) is 0.684. The minimum absolute atomic E-state index is 0.0384. The van der Waals surface area contributed by atoms with Crippen LogP contribution in [0.15, 0.2) is 18.2 Å². The fourth-order valence-electron chi connectivity index (χ4n) is 2.36. The van der Waals surface area contributed by atoms with Crippen LogP contribution in [0.5, 0.6) is 0 Å². The number of aliphatic hydroxyl groups is 1. The molecule has 2 rings (SSSR count). The fraction of sp³-hybridized carbons (Fsp3) is 0.462. The average molecular weight is 299 g/mol. The van der Waals surface area contributed by atoms with E-state index >= 15 is 0 Å². The molecular formula is C13H15ClN2O4. The van der Waals surface area contributed by atoms with Crippen LogP contribution < -0.4 is 0 Å². The maximum Gasteiger partial charge on any atom is 0.288 e. The van der Waals surface area contributed by atoms with E-state index in [9.17, 15) is 20.0 Å². The maximum atomic E-state index is 12.3. The monoisotopic (exact) mass is 298 g/mol. The Hall–Kier alpha value is -1.66. The molecule has 7 heteroatoms. The molecule has 1 aliphatic heterocycles. The van der Waals surface area contributed by atoms with Gasteiger partial charge in [-0.25, -0.2) is 0 Å². The van der Waals surface area contributed by atoms with Crippen LogP contribution in [0.4, 0.5) is 5.69 Å². The molecule has 1 amide bonds. The Morgan fingerprint density at radius 1 is 1.60 bits per heavy atom. The number of nitro groups is 1. The number of carbonyl (C=O) groups excluding carboxylic acids is 1. The molecule has 1 aromatic carbocycles. The van der Waals surface area contributed by atoms with Crippen LogP contribution in [0.2, 0.25) is 5.02 Å². The SMILES string of the molecule is CC(O)C1CCN(C(=O)c2cccc([N+](=O)[O-])c2Cl)C1. The third-order valence-corrected chi connectivity index (χ3v) is 4.00. The van der Waals surface area contributed by atoms with Gasteiger partial charge in [-0.1, -0.05) is 17.7 Å². The number of nitro benzene ring substituents is 1. The van der Waals surface area contributed by atoms with E-state index in [4.69, 9.17) is 11.6 Å². The second-order valence-electron chi connectivity index (χ2n) is 4.94. The molecule has 0 aromatic heterocycles. The van der Waals surface area contributed by atoms with Crippen LogP contribution in [-0.2, 0) is 0 Å². The van der Waals surface area contributed by atoms with Crippen molar-refractivity contribution in [1.82, 2.24) is 4.90 Å². The summed E-state index contributed by atoms with van der Waals surface area (Å²) in [7, 11) is 0. The molecule has 0 spiro atoms. The van der Waals surface area contributed by atoms with E-state index in [-0.39, 0.29) is 28.1 Å². The Labute approximate surface area is 121 Å². The number of hydrogen-bond donors (Lipinski definition) is 1. The Morgan fingerprint density at radius 3 is 2.85 bits per heavy atom. The van der Waals surface area contributed by atoms with Crippen molar-refractivity contribution in [3.05, 3.63) is 38.9 Å². The van der Waals surface area contributed by atoms with Gasteiger partial charge in [0, 0.05) is 25.1 Å². The van der Waals surface area contributed by atoms with Gasteiger partial charge in [0.2, 0.25) is 0 Å². The lowest BCUT2D eigenvalue weighted by atomic mass is 10.0. The average Bonchev–Trinajstić information content (AvgIpc) is 2.87. The first-order valence-electron chi connectivity index (χ1n) is 6.32. The van der Waals surface area contributed by atoms with Gasteiger partial charge in [-0.2, -0.15) is 0 Å². The minimum atomic E-state index is -0.609. The Balaban J connectivity index is 2.23. The zero-order valence-electron chi connectivity index (χ0n) is 11.0. The molecule has 0 aliphatic carbocycles. The molecular weight excluding hydrogens is 284 g/mol. The summed E-state index contributed by atoms with van der Waals surface area (Å²) in [6.45, 7) is 2.65. The van der Waals surface area contributed by atoms with Crippen molar-refractivity contribution in [3.8, 4) is 0 Å². The molecule has 1 heterocycles. The number of rotatable bonds is 3. The maximum absolute atomic E-state index is 12.3. The second-order valence-corrected chi connectivity index (χ2v) is 5.31. The Morgan fingerprint density at radius 2 is 2.30 bits per heavy atom. The second kappa shape index (κ2) is 5.76. The Bertz CT molecular complexity index is 547. The van der Waals surface area contributed by atoms with Gasteiger partial charge < -0.3 is 10.0 Å². The van der Waals surface area contributed by atoms with Crippen LogP contribution in [-0.4, -0.2) is 40.0 Å². The van der Waals surface area contributed by atoms with Crippen LogP contribution >= 0.6 is 11.6 Å². The predicted octanol–water partition coefficient (Wildman–Crippen LogP) is 2.09. The molecule has 2 unspecified atom stereocenters. The number of benzene rings is 1. The normalized spacial score (nSPS) is 19.9. The van der Waals surface area contributed by atoms with Crippen molar-refractivity contribution >= 4 is 23.2 Å². The summed E-state index contributed by atoms with van der Waals surface area (Å²) in [6.07, 6.45) is 0.240. The first kappa shape index (κ1) is 14.7. The van der Waals surface area contributed by atoms with Gasteiger partial charge in [0.1, 0.15) is 5.02 Å². The summed E-state index contributed by atoms with van der Waals surface area (Å²) in [6, 6.07) is 4.19. The molecule has 6 nitrogen and oxygen atoms in total. The van der Waals surface area contributed by atoms with Gasteiger partial charge in [0.15, 0.2) is 0 Å².